The third-order valence-corrected chi connectivity index (χ3v) is 8.25. The molecule has 0 aliphatic carbocycles. The van der Waals surface area contributed by atoms with Crippen molar-refractivity contribution in [2.75, 3.05) is 24.2 Å². The quantitative estimate of drug-likeness (QED) is 0.584. The molecule has 0 radical (unpaired) electrons. The topological polar surface area (TPSA) is 83.5 Å². The molecule has 1 aliphatic rings. The molecule has 4 rings (SSSR count). The summed E-state index contributed by atoms with van der Waals surface area (Å²) in [6.45, 7) is 5.23. The summed E-state index contributed by atoms with van der Waals surface area (Å²) in [7, 11) is -3.23. The SMILES string of the molecule is Cc1ccc2sc(N(Cc3cccnc3)C(=O)C3CCN(S(C)(=O)=O)CC3)nc2c1C. The van der Waals surface area contributed by atoms with Gasteiger partial charge in [-0.3, -0.25) is 14.7 Å². The number of rotatable bonds is 5. The Kier molecular flexibility index (Phi) is 6.09. The number of carbonyl (C=O) groups is 1. The number of benzene rings is 1. The van der Waals surface area contributed by atoms with Crippen LogP contribution in [0, 0.1) is 19.8 Å². The molecule has 7 nitrogen and oxygen atoms in total. The average Bonchev–Trinajstić information content (AvgIpc) is 3.19. The van der Waals surface area contributed by atoms with Gasteiger partial charge in [-0.25, -0.2) is 17.7 Å². The highest BCUT2D eigenvalue weighted by Crippen LogP contribution is 2.34. The first kappa shape index (κ1) is 21.9. The lowest BCUT2D eigenvalue weighted by molar-refractivity contribution is -0.123. The summed E-state index contributed by atoms with van der Waals surface area (Å²) in [6.07, 6.45) is 5.71. The monoisotopic (exact) mass is 458 g/mol. The van der Waals surface area contributed by atoms with Gasteiger partial charge in [-0.1, -0.05) is 23.5 Å². The number of aryl methyl sites for hydroxylation is 2. The number of piperidine rings is 1. The molecule has 1 aliphatic heterocycles. The molecular weight excluding hydrogens is 432 g/mol. The van der Waals surface area contributed by atoms with Crippen molar-refractivity contribution >= 4 is 42.6 Å². The molecule has 0 saturated carbocycles. The second kappa shape index (κ2) is 8.64. The summed E-state index contributed by atoms with van der Waals surface area (Å²) < 4.78 is 26.2. The lowest BCUT2D eigenvalue weighted by Crippen LogP contribution is -2.44. The van der Waals surface area contributed by atoms with Gasteiger partial charge in [0.1, 0.15) is 0 Å². The standard InChI is InChI=1S/C22H26N4O3S2/c1-15-6-7-19-20(16(15)2)24-22(30-19)26(14-17-5-4-10-23-13-17)21(27)18-8-11-25(12-9-18)31(3,28)29/h4-7,10,13,18H,8-9,11-12,14H2,1-3H3. The molecule has 0 atom stereocenters. The van der Waals surface area contributed by atoms with E-state index < -0.39 is 10.0 Å². The smallest absolute Gasteiger partial charge is 0.232 e. The van der Waals surface area contributed by atoms with Gasteiger partial charge in [0.25, 0.3) is 0 Å². The molecule has 0 bridgehead atoms. The van der Waals surface area contributed by atoms with Crippen LogP contribution in [0.4, 0.5) is 5.13 Å². The Balaban J connectivity index is 1.65. The number of thiazole rings is 1. The third-order valence-electron chi connectivity index (χ3n) is 5.91. The van der Waals surface area contributed by atoms with Crippen LogP contribution in [0.25, 0.3) is 10.2 Å². The van der Waals surface area contributed by atoms with E-state index >= 15 is 0 Å². The number of hydrogen-bond donors (Lipinski definition) is 0. The Morgan fingerprint density at radius 2 is 1.97 bits per heavy atom. The highest BCUT2D eigenvalue weighted by molar-refractivity contribution is 7.88. The first-order valence-corrected chi connectivity index (χ1v) is 12.9. The van der Waals surface area contributed by atoms with Crippen molar-refractivity contribution < 1.29 is 13.2 Å². The molecule has 31 heavy (non-hydrogen) atoms. The van der Waals surface area contributed by atoms with Crippen LogP contribution in [0.1, 0.15) is 29.5 Å². The molecule has 0 spiro atoms. The number of sulfonamides is 1. The van der Waals surface area contributed by atoms with E-state index in [0.29, 0.717) is 37.6 Å². The second-order valence-corrected chi connectivity index (χ2v) is 11.1. The van der Waals surface area contributed by atoms with E-state index in [9.17, 15) is 13.2 Å². The normalized spacial score (nSPS) is 16.0. The van der Waals surface area contributed by atoms with Crippen LogP contribution in [0.15, 0.2) is 36.7 Å². The van der Waals surface area contributed by atoms with E-state index in [1.165, 1.54) is 27.5 Å². The Morgan fingerprint density at radius 1 is 1.23 bits per heavy atom. The van der Waals surface area contributed by atoms with Crippen molar-refractivity contribution in [3.63, 3.8) is 0 Å². The summed E-state index contributed by atoms with van der Waals surface area (Å²) in [6, 6.07) is 7.93. The van der Waals surface area contributed by atoms with Crippen molar-refractivity contribution in [2.45, 2.75) is 33.2 Å². The Labute approximate surface area is 186 Å². The van der Waals surface area contributed by atoms with Crippen LogP contribution < -0.4 is 4.90 Å². The van der Waals surface area contributed by atoms with E-state index in [2.05, 4.69) is 31.0 Å². The number of nitrogens with zero attached hydrogens (tertiary/aromatic N) is 4. The number of anilines is 1. The average molecular weight is 459 g/mol. The van der Waals surface area contributed by atoms with Gasteiger partial charge in [-0.05, 0) is 55.5 Å². The maximum absolute atomic E-state index is 13.6. The van der Waals surface area contributed by atoms with Gasteiger partial charge in [0.2, 0.25) is 15.9 Å². The predicted octanol–water partition coefficient (Wildman–Crippen LogP) is 3.51. The molecule has 0 N–H and O–H groups in total. The van der Waals surface area contributed by atoms with Gasteiger partial charge < -0.3 is 0 Å². The number of carbonyl (C=O) groups excluding carboxylic acids is 1. The maximum atomic E-state index is 13.6. The first-order valence-electron chi connectivity index (χ1n) is 10.3. The number of amides is 1. The van der Waals surface area contributed by atoms with E-state index in [-0.39, 0.29) is 11.8 Å². The van der Waals surface area contributed by atoms with E-state index in [0.717, 1.165) is 21.3 Å². The molecule has 2 aromatic heterocycles. The summed E-state index contributed by atoms with van der Waals surface area (Å²) in [5.41, 5.74) is 4.14. The van der Waals surface area contributed by atoms with Crippen LogP contribution in [0.3, 0.4) is 0 Å². The van der Waals surface area contributed by atoms with Crippen LogP contribution in [-0.4, -0.2) is 47.9 Å². The van der Waals surface area contributed by atoms with Gasteiger partial charge >= 0.3 is 0 Å². The molecule has 1 fully saturated rings. The maximum Gasteiger partial charge on any atom is 0.232 e. The molecular formula is C22H26N4O3S2. The molecule has 164 valence electrons. The van der Waals surface area contributed by atoms with E-state index in [1.807, 2.05) is 12.1 Å². The molecule has 0 unspecified atom stereocenters. The number of aromatic nitrogens is 2. The zero-order chi connectivity index (χ0) is 22.2. The zero-order valence-corrected chi connectivity index (χ0v) is 19.5. The lowest BCUT2D eigenvalue weighted by Gasteiger charge is -2.32. The van der Waals surface area contributed by atoms with Gasteiger partial charge in [-0.15, -0.1) is 0 Å². The molecule has 3 aromatic rings. The van der Waals surface area contributed by atoms with Crippen LogP contribution in [0.5, 0.6) is 0 Å². The van der Waals surface area contributed by atoms with Crippen molar-refractivity contribution in [1.29, 1.82) is 0 Å². The van der Waals surface area contributed by atoms with E-state index in [1.54, 1.807) is 17.3 Å². The number of pyridine rings is 1. The fourth-order valence-electron chi connectivity index (χ4n) is 3.90. The van der Waals surface area contributed by atoms with E-state index in [4.69, 9.17) is 4.98 Å². The Morgan fingerprint density at radius 3 is 2.61 bits per heavy atom. The zero-order valence-electron chi connectivity index (χ0n) is 17.9. The summed E-state index contributed by atoms with van der Waals surface area (Å²) in [4.78, 5) is 24.4. The van der Waals surface area contributed by atoms with Crippen molar-refractivity contribution in [3.05, 3.63) is 53.3 Å². The van der Waals surface area contributed by atoms with Gasteiger partial charge in [0.05, 0.1) is 23.0 Å². The minimum atomic E-state index is -3.23. The Hall–Kier alpha value is -2.36. The van der Waals surface area contributed by atoms with Crippen molar-refractivity contribution in [3.8, 4) is 0 Å². The fraction of sp³-hybridized carbons (Fsp3) is 0.409. The second-order valence-electron chi connectivity index (χ2n) is 8.07. The van der Waals surface area contributed by atoms with Gasteiger partial charge in [0.15, 0.2) is 5.13 Å². The Bertz CT molecular complexity index is 1200. The van der Waals surface area contributed by atoms with Crippen LogP contribution in [0.2, 0.25) is 0 Å². The summed E-state index contributed by atoms with van der Waals surface area (Å²) in [5, 5.41) is 0.670. The van der Waals surface area contributed by atoms with Crippen LogP contribution >= 0.6 is 11.3 Å². The number of hydrogen-bond acceptors (Lipinski definition) is 6. The first-order chi connectivity index (χ1) is 14.7. The fourth-order valence-corrected chi connectivity index (χ4v) is 5.80. The minimum Gasteiger partial charge on any atom is -0.283 e. The predicted molar refractivity (Wildman–Crippen MR) is 124 cm³/mol. The summed E-state index contributed by atoms with van der Waals surface area (Å²) >= 11 is 1.51. The van der Waals surface area contributed by atoms with Crippen molar-refractivity contribution in [2.24, 2.45) is 5.92 Å². The lowest BCUT2D eigenvalue weighted by atomic mass is 9.96. The highest BCUT2D eigenvalue weighted by Gasteiger charge is 2.33. The number of fused-ring (bicyclic) bond motifs is 1. The van der Waals surface area contributed by atoms with Crippen LogP contribution in [-0.2, 0) is 21.4 Å². The van der Waals surface area contributed by atoms with Gasteiger partial charge in [0, 0.05) is 31.4 Å². The molecule has 3 heterocycles. The molecule has 1 saturated heterocycles. The third kappa shape index (κ3) is 4.63. The largest absolute Gasteiger partial charge is 0.283 e. The summed E-state index contributed by atoms with van der Waals surface area (Å²) in [5.74, 6) is -0.241. The van der Waals surface area contributed by atoms with Gasteiger partial charge in [-0.2, -0.15) is 0 Å². The minimum absolute atomic E-state index is 0.00886. The molecule has 9 heteroatoms. The van der Waals surface area contributed by atoms with Crippen molar-refractivity contribution in [1.82, 2.24) is 14.3 Å². The molecule has 1 amide bonds. The molecule has 1 aromatic carbocycles. The highest BCUT2D eigenvalue weighted by atomic mass is 32.2.